The number of hydrogen-bond acceptors (Lipinski definition) is 4. The monoisotopic (exact) mass is 275 g/mol. The van der Waals surface area contributed by atoms with Crippen molar-refractivity contribution in [1.29, 1.82) is 0 Å². The topological polar surface area (TPSA) is 55.4 Å². The van der Waals surface area contributed by atoms with Crippen LogP contribution in [0.15, 0.2) is 0 Å². The minimum Gasteiger partial charge on any atom is -0.377 e. The molecule has 0 aromatic carbocycles. The molecule has 0 aromatic heterocycles. The van der Waals surface area contributed by atoms with E-state index < -0.39 is 9.84 Å². The summed E-state index contributed by atoms with van der Waals surface area (Å²) in [5.41, 5.74) is 0.126. The predicted octanol–water partition coefficient (Wildman–Crippen LogP) is 1.21. The van der Waals surface area contributed by atoms with Gasteiger partial charge in [-0.25, -0.2) is 8.42 Å². The average molecular weight is 275 g/mol. The van der Waals surface area contributed by atoms with Gasteiger partial charge in [-0.1, -0.05) is 20.8 Å². The Bertz CT molecular complexity index is 391. The van der Waals surface area contributed by atoms with Gasteiger partial charge in [0.05, 0.1) is 11.9 Å². The van der Waals surface area contributed by atoms with Gasteiger partial charge in [0.15, 0.2) is 9.84 Å². The quantitative estimate of drug-likeness (QED) is 0.819. The molecule has 1 N–H and O–H groups in total. The highest BCUT2D eigenvalue weighted by atomic mass is 32.2. The first-order chi connectivity index (χ1) is 8.38. The molecule has 2 aliphatic rings. The van der Waals surface area contributed by atoms with E-state index >= 15 is 0 Å². The Hall–Kier alpha value is -0.130. The van der Waals surface area contributed by atoms with Crippen molar-refractivity contribution in [2.45, 2.75) is 45.8 Å². The minimum atomic E-state index is -2.86. The Morgan fingerprint density at radius 1 is 1.39 bits per heavy atom. The molecule has 1 aliphatic heterocycles. The first-order valence-electron chi connectivity index (χ1n) is 6.94. The van der Waals surface area contributed by atoms with E-state index in [2.05, 4.69) is 19.2 Å². The Morgan fingerprint density at radius 2 is 2.11 bits per heavy atom. The lowest BCUT2D eigenvalue weighted by Crippen LogP contribution is -2.69. The zero-order chi connectivity index (χ0) is 13.4. The van der Waals surface area contributed by atoms with Crippen molar-refractivity contribution in [2.75, 3.05) is 24.7 Å². The van der Waals surface area contributed by atoms with E-state index in [9.17, 15) is 8.42 Å². The van der Waals surface area contributed by atoms with Gasteiger partial charge in [0.2, 0.25) is 0 Å². The molecule has 3 unspecified atom stereocenters. The Labute approximate surface area is 110 Å². The second-order valence-electron chi connectivity index (χ2n) is 6.09. The van der Waals surface area contributed by atoms with Crippen LogP contribution in [0.25, 0.3) is 0 Å². The number of sulfone groups is 1. The molecule has 18 heavy (non-hydrogen) atoms. The largest absolute Gasteiger partial charge is 0.377 e. The highest BCUT2D eigenvalue weighted by Gasteiger charge is 2.57. The van der Waals surface area contributed by atoms with Gasteiger partial charge in [0, 0.05) is 36.3 Å². The van der Waals surface area contributed by atoms with Crippen molar-refractivity contribution < 1.29 is 13.2 Å². The van der Waals surface area contributed by atoms with Crippen LogP contribution in [0.3, 0.4) is 0 Å². The fourth-order valence-electron chi connectivity index (χ4n) is 3.45. The molecule has 0 aromatic rings. The van der Waals surface area contributed by atoms with Gasteiger partial charge in [0.1, 0.15) is 0 Å². The van der Waals surface area contributed by atoms with Crippen molar-refractivity contribution in [3.05, 3.63) is 0 Å². The standard InChI is InChI=1S/C13H25NO3S/c1-4-18(15,16)9-7-14-11-10-6-5-8-17-12(10)13(11,2)3/h10-12,14H,4-9H2,1-3H3. The van der Waals surface area contributed by atoms with Crippen LogP contribution in [0, 0.1) is 11.3 Å². The molecular formula is C13H25NO3S. The normalized spacial score (nSPS) is 34.7. The van der Waals surface area contributed by atoms with Crippen molar-refractivity contribution in [1.82, 2.24) is 5.32 Å². The Kier molecular flexibility index (Phi) is 4.04. The molecule has 5 heteroatoms. The van der Waals surface area contributed by atoms with E-state index in [4.69, 9.17) is 4.74 Å². The maximum absolute atomic E-state index is 11.5. The van der Waals surface area contributed by atoms with Crippen LogP contribution in [0.4, 0.5) is 0 Å². The van der Waals surface area contributed by atoms with E-state index in [1.807, 2.05) is 0 Å². The second-order valence-corrected chi connectivity index (χ2v) is 8.56. The SMILES string of the molecule is CCS(=O)(=O)CCNC1C2CCCOC2C1(C)C. The summed E-state index contributed by atoms with van der Waals surface area (Å²) in [6.07, 6.45) is 2.68. The summed E-state index contributed by atoms with van der Waals surface area (Å²) < 4.78 is 28.8. The first-order valence-corrected chi connectivity index (χ1v) is 8.76. The molecule has 1 saturated carbocycles. The second kappa shape index (κ2) is 5.10. The first kappa shape index (κ1) is 14.3. The van der Waals surface area contributed by atoms with E-state index in [1.165, 1.54) is 6.42 Å². The fourth-order valence-corrected chi connectivity index (χ4v) is 4.17. The lowest BCUT2D eigenvalue weighted by molar-refractivity contribution is -0.192. The van der Waals surface area contributed by atoms with Crippen molar-refractivity contribution in [2.24, 2.45) is 11.3 Å². The molecule has 1 saturated heterocycles. The summed E-state index contributed by atoms with van der Waals surface area (Å²) in [5, 5.41) is 3.44. The number of rotatable bonds is 5. The lowest BCUT2D eigenvalue weighted by Gasteiger charge is -2.60. The van der Waals surface area contributed by atoms with Crippen LogP contribution in [0.5, 0.6) is 0 Å². The summed E-state index contributed by atoms with van der Waals surface area (Å²) in [6.45, 7) is 7.57. The number of hydrogen-bond donors (Lipinski definition) is 1. The molecule has 0 bridgehead atoms. The summed E-state index contributed by atoms with van der Waals surface area (Å²) >= 11 is 0. The minimum absolute atomic E-state index is 0.126. The summed E-state index contributed by atoms with van der Waals surface area (Å²) in [4.78, 5) is 0. The molecule has 1 aliphatic carbocycles. The smallest absolute Gasteiger partial charge is 0.151 e. The van der Waals surface area contributed by atoms with E-state index in [0.29, 0.717) is 24.6 Å². The molecule has 0 spiro atoms. The molecule has 106 valence electrons. The fraction of sp³-hybridized carbons (Fsp3) is 1.00. The van der Waals surface area contributed by atoms with Crippen LogP contribution in [0.2, 0.25) is 0 Å². The van der Waals surface area contributed by atoms with Gasteiger partial charge < -0.3 is 10.1 Å². The molecular weight excluding hydrogens is 250 g/mol. The van der Waals surface area contributed by atoms with Gasteiger partial charge in [-0.05, 0) is 12.8 Å². The Balaban J connectivity index is 1.86. The predicted molar refractivity (Wildman–Crippen MR) is 72.4 cm³/mol. The van der Waals surface area contributed by atoms with Crippen LogP contribution < -0.4 is 5.32 Å². The summed E-state index contributed by atoms with van der Waals surface area (Å²) in [5.74, 6) is 1.05. The van der Waals surface area contributed by atoms with Crippen LogP contribution in [0.1, 0.15) is 33.6 Å². The number of ether oxygens (including phenoxy) is 1. The van der Waals surface area contributed by atoms with Crippen molar-refractivity contribution in [3.63, 3.8) is 0 Å². The molecule has 1 heterocycles. The third kappa shape index (κ3) is 2.58. The average Bonchev–Trinajstić information content (AvgIpc) is 2.34. The van der Waals surface area contributed by atoms with Gasteiger partial charge in [0.25, 0.3) is 0 Å². The number of fused-ring (bicyclic) bond motifs is 1. The van der Waals surface area contributed by atoms with Crippen LogP contribution in [-0.2, 0) is 14.6 Å². The highest BCUT2D eigenvalue weighted by molar-refractivity contribution is 7.91. The van der Waals surface area contributed by atoms with Crippen LogP contribution in [-0.4, -0.2) is 45.2 Å². The van der Waals surface area contributed by atoms with Gasteiger partial charge in [-0.15, -0.1) is 0 Å². The maximum atomic E-state index is 11.5. The maximum Gasteiger partial charge on any atom is 0.151 e. The zero-order valence-electron chi connectivity index (χ0n) is 11.6. The molecule has 2 fully saturated rings. The third-order valence-electron chi connectivity index (χ3n) is 4.55. The molecule has 0 radical (unpaired) electrons. The Morgan fingerprint density at radius 3 is 2.78 bits per heavy atom. The summed E-state index contributed by atoms with van der Waals surface area (Å²) in [6, 6.07) is 0.398. The molecule has 4 nitrogen and oxygen atoms in total. The van der Waals surface area contributed by atoms with Gasteiger partial charge >= 0.3 is 0 Å². The van der Waals surface area contributed by atoms with Crippen molar-refractivity contribution in [3.8, 4) is 0 Å². The molecule has 0 amide bonds. The molecule has 2 rings (SSSR count). The van der Waals surface area contributed by atoms with Gasteiger partial charge in [-0.3, -0.25) is 0 Å². The van der Waals surface area contributed by atoms with E-state index in [0.717, 1.165) is 13.0 Å². The van der Waals surface area contributed by atoms with E-state index in [1.54, 1.807) is 6.92 Å². The van der Waals surface area contributed by atoms with E-state index in [-0.39, 0.29) is 16.9 Å². The zero-order valence-corrected chi connectivity index (χ0v) is 12.4. The van der Waals surface area contributed by atoms with Crippen LogP contribution >= 0.6 is 0 Å². The highest BCUT2D eigenvalue weighted by Crippen LogP contribution is 2.51. The molecule has 3 atom stereocenters. The lowest BCUT2D eigenvalue weighted by atomic mass is 9.55. The number of nitrogens with one attached hydrogen (secondary N) is 1. The van der Waals surface area contributed by atoms with Gasteiger partial charge in [-0.2, -0.15) is 0 Å². The summed E-state index contributed by atoms with van der Waals surface area (Å²) in [7, 11) is -2.86. The third-order valence-corrected chi connectivity index (χ3v) is 6.25. The van der Waals surface area contributed by atoms with Crippen molar-refractivity contribution >= 4 is 9.84 Å².